The minimum Gasteiger partial charge on any atom is -0.348 e. The fraction of sp³-hybridized carbons (Fsp3) is 0.136. The maximum absolute atomic E-state index is 12.9. The van der Waals surface area contributed by atoms with E-state index in [2.05, 4.69) is 21.5 Å². The summed E-state index contributed by atoms with van der Waals surface area (Å²) in [5, 5.41) is 8.14. The molecule has 0 bridgehead atoms. The highest BCUT2D eigenvalue weighted by Gasteiger charge is 2.12. The lowest BCUT2D eigenvalue weighted by atomic mass is 10.0. The van der Waals surface area contributed by atoms with Crippen LogP contribution in [0.5, 0.6) is 0 Å². The molecule has 0 atom stereocenters. The fourth-order valence-corrected chi connectivity index (χ4v) is 3.57. The van der Waals surface area contributed by atoms with Crippen LogP contribution in [0.3, 0.4) is 0 Å². The summed E-state index contributed by atoms with van der Waals surface area (Å²) in [5.41, 5.74) is 4.29. The Morgan fingerprint density at radius 2 is 1.90 bits per heavy atom. The third-order valence-corrected chi connectivity index (χ3v) is 5.47. The van der Waals surface area contributed by atoms with Crippen molar-refractivity contribution in [2.75, 3.05) is 0 Å². The van der Waals surface area contributed by atoms with Crippen LogP contribution >= 0.6 is 23.2 Å². The summed E-state index contributed by atoms with van der Waals surface area (Å²) in [5.74, 6) is -0.169. The summed E-state index contributed by atoms with van der Waals surface area (Å²) in [6.07, 6.45) is 7.11. The van der Waals surface area contributed by atoms with Crippen molar-refractivity contribution in [3.8, 4) is 11.3 Å². The maximum atomic E-state index is 12.9. The zero-order chi connectivity index (χ0) is 21.1. The number of aromatic nitrogens is 4. The molecule has 0 aliphatic heterocycles. The van der Waals surface area contributed by atoms with Gasteiger partial charge in [0.1, 0.15) is 0 Å². The van der Waals surface area contributed by atoms with Gasteiger partial charge in [0.05, 0.1) is 22.1 Å². The Hall–Kier alpha value is -3.09. The topological polar surface area (TPSA) is 64.7 Å². The Balaban J connectivity index is 1.61. The number of aryl methyl sites for hydroxylation is 1. The first-order valence-corrected chi connectivity index (χ1v) is 10.1. The van der Waals surface area contributed by atoms with Gasteiger partial charge in [-0.1, -0.05) is 29.3 Å². The van der Waals surface area contributed by atoms with Crippen molar-refractivity contribution in [3.63, 3.8) is 0 Å². The second kappa shape index (κ2) is 8.73. The SMILES string of the molecule is Cn1nccc1-c1cc(Cn2ccnc2)cc(C(=O)NCc2ccc(Cl)c(Cl)c2)c1. The number of hydrogen-bond acceptors (Lipinski definition) is 3. The van der Waals surface area contributed by atoms with Gasteiger partial charge in [0.15, 0.2) is 0 Å². The lowest BCUT2D eigenvalue weighted by Crippen LogP contribution is -2.23. The van der Waals surface area contributed by atoms with Gasteiger partial charge in [-0.3, -0.25) is 9.48 Å². The molecule has 0 aliphatic carbocycles. The zero-order valence-electron chi connectivity index (χ0n) is 16.2. The highest BCUT2D eigenvalue weighted by Crippen LogP contribution is 2.24. The van der Waals surface area contributed by atoms with Crippen molar-refractivity contribution >= 4 is 29.1 Å². The van der Waals surface area contributed by atoms with E-state index < -0.39 is 0 Å². The van der Waals surface area contributed by atoms with E-state index in [1.807, 2.05) is 42.1 Å². The molecule has 1 amide bonds. The Morgan fingerprint density at radius 1 is 1.03 bits per heavy atom. The molecule has 1 N–H and O–H groups in total. The van der Waals surface area contributed by atoms with E-state index >= 15 is 0 Å². The van der Waals surface area contributed by atoms with Gasteiger partial charge in [-0.25, -0.2) is 4.98 Å². The number of amides is 1. The van der Waals surface area contributed by atoms with E-state index in [9.17, 15) is 4.79 Å². The molecule has 2 aromatic carbocycles. The first kappa shape index (κ1) is 20.2. The van der Waals surface area contributed by atoms with Crippen LogP contribution < -0.4 is 5.32 Å². The predicted octanol–water partition coefficient (Wildman–Crippen LogP) is 4.57. The van der Waals surface area contributed by atoms with E-state index in [0.29, 0.717) is 28.7 Å². The third-order valence-electron chi connectivity index (χ3n) is 4.73. The molecule has 4 aromatic rings. The van der Waals surface area contributed by atoms with Gasteiger partial charge >= 0.3 is 0 Å². The minimum atomic E-state index is -0.169. The number of carbonyl (C=O) groups is 1. The number of hydrogen-bond donors (Lipinski definition) is 1. The Labute approximate surface area is 184 Å². The Morgan fingerprint density at radius 3 is 2.60 bits per heavy atom. The minimum absolute atomic E-state index is 0.169. The second-order valence-corrected chi connectivity index (χ2v) is 7.74. The number of nitrogens with zero attached hydrogens (tertiary/aromatic N) is 4. The van der Waals surface area contributed by atoms with Crippen LogP contribution in [0.2, 0.25) is 10.0 Å². The molecule has 30 heavy (non-hydrogen) atoms. The number of benzene rings is 2. The molecule has 8 heteroatoms. The molecule has 0 saturated heterocycles. The lowest BCUT2D eigenvalue weighted by Gasteiger charge is -2.12. The molecule has 4 rings (SSSR count). The second-order valence-electron chi connectivity index (χ2n) is 6.92. The average Bonchev–Trinajstić information content (AvgIpc) is 3.40. The maximum Gasteiger partial charge on any atom is 0.251 e. The van der Waals surface area contributed by atoms with Gasteiger partial charge in [0.25, 0.3) is 5.91 Å². The van der Waals surface area contributed by atoms with Gasteiger partial charge < -0.3 is 9.88 Å². The standard InChI is InChI=1S/C22H19Cl2N5O/c1-28-21(4-5-27-28)17-8-16(13-29-7-6-25-14-29)9-18(11-17)22(30)26-12-15-2-3-19(23)20(24)10-15/h2-11,14H,12-13H2,1H3,(H,26,30). The van der Waals surface area contributed by atoms with Crippen LogP contribution in [-0.2, 0) is 20.1 Å². The molecule has 2 aromatic heterocycles. The molecule has 0 unspecified atom stereocenters. The molecule has 0 saturated carbocycles. The first-order valence-electron chi connectivity index (χ1n) is 9.30. The summed E-state index contributed by atoms with van der Waals surface area (Å²) in [6.45, 7) is 0.960. The van der Waals surface area contributed by atoms with E-state index in [0.717, 1.165) is 22.4 Å². The molecule has 0 fully saturated rings. The average molecular weight is 440 g/mol. The van der Waals surface area contributed by atoms with E-state index in [-0.39, 0.29) is 5.91 Å². The van der Waals surface area contributed by atoms with Crippen LogP contribution in [0.1, 0.15) is 21.5 Å². The van der Waals surface area contributed by atoms with Crippen molar-refractivity contribution in [1.29, 1.82) is 0 Å². The van der Waals surface area contributed by atoms with Gasteiger partial charge in [0.2, 0.25) is 0 Å². The van der Waals surface area contributed by atoms with Gasteiger partial charge in [-0.15, -0.1) is 0 Å². The highest BCUT2D eigenvalue weighted by atomic mass is 35.5. The molecule has 6 nitrogen and oxygen atoms in total. The molecule has 0 aliphatic rings. The number of rotatable bonds is 6. The van der Waals surface area contributed by atoms with Crippen LogP contribution in [0.25, 0.3) is 11.3 Å². The molecule has 152 valence electrons. The van der Waals surface area contributed by atoms with Crippen molar-refractivity contribution in [3.05, 3.63) is 94.1 Å². The van der Waals surface area contributed by atoms with Crippen LogP contribution in [0, 0.1) is 0 Å². The number of halogens is 2. The van der Waals surface area contributed by atoms with Crippen molar-refractivity contribution < 1.29 is 4.79 Å². The molecular weight excluding hydrogens is 421 g/mol. The van der Waals surface area contributed by atoms with Gasteiger partial charge in [0, 0.05) is 49.9 Å². The summed E-state index contributed by atoms with van der Waals surface area (Å²) >= 11 is 12.0. The number of imidazole rings is 1. The molecule has 0 spiro atoms. The highest BCUT2D eigenvalue weighted by molar-refractivity contribution is 6.42. The Bertz CT molecular complexity index is 1180. The third kappa shape index (κ3) is 4.56. The first-order chi connectivity index (χ1) is 14.5. The predicted molar refractivity (Wildman–Crippen MR) is 118 cm³/mol. The molecule has 0 radical (unpaired) electrons. The monoisotopic (exact) mass is 439 g/mol. The largest absolute Gasteiger partial charge is 0.348 e. The fourth-order valence-electron chi connectivity index (χ4n) is 3.24. The number of nitrogens with one attached hydrogen (secondary N) is 1. The normalized spacial score (nSPS) is 10.9. The van der Waals surface area contributed by atoms with Gasteiger partial charge in [-0.2, -0.15) is 5.10 Å². The molecular formula is C22H19Cl2N5O. The van der Waals surface area contributed by atoms with E-state index in [1.165, 1.54) is 0 Å². The quantitative estimate of drug-likeness (QED) is 0.478. The summed E-state index contributed by atoms with van der Waals surface area (Å²) in [4.78, 5) is 17.0. The summed E-state index contributed by atoms with van der Waals surface area (Å²) in [6, 6.07) is 13.1. The number of carbonyl (C=O) groups excluding carboxylic acids is 1. The van der Waals surface area contributed by atoms with Gasteiger partial charge in [-0.05, 0) is 47.5 Å². The van der Waals surface area contributed by atoms with Crippen molar-refractivity contribution in [1.82, 2.24) is 24.6 Å². The molecule has 2 heterocycles. The summed E-state index contributed by atoms with van der Waals surface area (Å²) < 4.78 is 3.74. The lowest BCUT2D eigenvalue weighted by molar-refractivity contribution is 0.0951. The van der Waals surface area contributed by atoms with Crippen LogP contribution in [0.15, 0.2) is 67.4 Å². The van der Waals surface area contributed by atoms with E-state index in [4.69, 9.17) is 23.2 Å². The van der Waals surface area contributed by atoms with Crippen molar-refractivity contribution in [2.45, 2.75) is 13.1 Å². The van der Waals surface area contributed by atoms with E-state index in [1.54, 1.807) is 35.5 Å². The zero-order valence-corrected chi connectivity index (χ0v) is 17.7. The van der Waals surface area contributed by atoms with Crippen LogP contribution in [-0.4, -0.2) is 25.2 Å². The Kier molecular flexibility index (Phi) is 5.88. The van der Waals surface area contributed by atoms with Crippen molar-refractivity contribution in [2.24, 2.45) is 7.05 Å². The summed E-state index contributed by atoms with van der Waals surface area (Å²) in [7, 11) is 1.88. The smallest absolute Gasteiger partial charge is 0.251 e. The van der Waals surface area contributed by atoms with Crippen LogP contribution in [0.4, 0.5) is 0 Å².